The average molecular weight is 1070 g/mol. The van der Waals surface area contributed by atoms with E-state index in [2.05, 4.69) is 296 Å². The van der Waals surface area contributed by atoms with Crippen LogP contribution in [0.25, 0.3) is 128 Å². The first-order chi connectivity index (χ1) is 41.6. The monoisotopic (exact) mass is 1060 g/mol. The van der Waals surface area contributed by atoms with E-state index in [1.54, 1.807) is 0 Å². The van der Waals surface area contributed by atoms with E-state index in [9.17, 15) is 0 Å². The number of rotatable bonds is 5. The number of nitrogens with zero attached hydrogens (tertiary/aromatic N) is 2. The Morgan fingerprint density at radius 1 is 0.274 bits per heavy atom. The van der Waals surface area contributed by atoms with Gasteiger partial charge in [-0.15, -0.1) is 0 Å². The van der Waals surface area contributed by atoms with Crippen LogP contribution in [-0.4, -0.2) is 9.55 Å². The van der Waals surface area contributed by atoms with Gasteiger partial charge in [0.25, 0.3) is 0 Å². The standard InChI is InChI=1S/C81H48N2O/c1-2-21-55(22-3-1)83-76-36-17-16-35-75(76)82-79(83)53-20-18-19-52(43-53)64-45-54(51-38-41-63-61-28-9-15-34-72(61)81(74(63)48-51)69-31-12-6-25-58(69)59-26-7-13-32-70(59)81)46-66-65-44-49(39-42-77(65)84-78(64)66)50-37-40-62-60-27-8-14-33-71(60)80(73(62)47-50)67-29-10-4-23-56(67)57-24-5-11-30-68(57)80/h1-48H. The van der Waals surface area contributed by atoms with Crippen molar-refractivity contribution in [2.24, 2.45) is 0 Å². The molecule has 0 fully saturated rings. The molecule has 0 saturated carbocycles. The number of aromatic nitrogens is 2. The molecular weight excluding hydrogens is 1020 g/mol. The molecule has 3 heteroatoms. The average Bonchev–Trinajstić information content (AvgIpc) is 2.53. The number of para-hydroxylation sites is 3. The van der Waals surface area contributed by atoms with Crippen LogP contribution in [0.1, 0.15) is 44.5 Å². The lowest BCUT2D eigenvalue weighted by Crippen LogP contribution is -2.25. The van der Waals surface area contributed by atoms with Crippen LogP contribution >= 0.6 is 0 Å². The molecule has 84 heavy (non-hydrogen) atoms. The SMILES string of the molecule is c1ccc(-n2c(-c3cccc(-c4cc(-c5ccc6c(c5)C5(c7ccccc7-c7ccccc75)c5ccccc5-6)cc5c4oc4ccc(-c6ccc7c(c6)C6(c8ccccc8-c8ccccc86)c6ccccc6-7)cc45)c3)nc3ccccc32)cc1. The van der Waals surface area contributed by atoms with Crippen molar-refractivity contribution in [1.29, 1.82) is 0 Å². The van der Waals surface area contributed by atoms with E-state index in [1.165, 1.54) is 94.6 Å². The van der Waals surface area contributed by atoms with Gasteiger partial charge >= 0.3 is 0 Å². The highest BCUT2D eigenvalue weighted by Crippen LogP contribution is 2.65. The van der Waals surface area contributed by atoms with Crippen molar-refractivity contribution in [3.63, 3.8) is 0 Å². The summed E-state index contributed by atoms with van der Waals surface area (Å²) in [6.07, 6.45) is 0. The molecule has 0 N–H and O–H groups in total. The third-order valence-corrected chi connectivity index (χ3v) is 19.2. The van der Waals surface area contributed by atoms with Crippen LogP contribution in [0.2, 0.25) is 0 Å². The second-order valence-electron chi connectivity index (χ2n) is 23.2. The lowest BCUT2D eigenvalue weighted by atomic mass is 9.70. The molecule has 0 amide bonds. The summed E-state index contributed by atoms with van der Waals surface area (Å²) in [6, 6.07) is 108. The van der Waals surface area contributed by atoms with Gasteiger partial charge in [0, 0.05) is 27.6 Å². The molecule has 4 aliphatic rings. The van der Waals surface area contributed by atoms with Crippen LogP contribution in [0.15, 0.2) is 296 Å². The number of hydrogen-bond acceptors (Lipinski definition) is 2. The van der Waals surface area contributed by atoms with Crippen LogP contribution in [-0.2, 0) is 10.8 Å². The molecule has 388 valence electrons. The summed E-state index contributed by atoms with van der Waals surface area (Å²) < 4.78 is 9.51. The molecule has 4 aliphatic carbocycles. The minimum atomic E-state index is -0.476. The minimum absolute atomic E-state index is 0.441. The van der Waals surface area contributed by atoms with Gasteiger partial charge in [-0.25, -0.2) is 4.98 Å². The smallest absolute Gasteiger partial charge is 0.145 e. The topological polar surface area (TPSA) is 31.0 Å². The molecule has 3 nitrogen and oxygen atoms in total. The molecule has 0 saturated heterocycles. The van der Waals surface area contributed by atoms with Crippen molar-refractivity contribution in [3.8, 4) is 95.0 Å². The summed E-state index contributed by atoms with van der Waals surface area (Å²) in [5, 5.41) is 2.14. The maximum Gasteiger partial charge on any atom is 0.145 e. The lowest BCUT2D eigenvalue weighted by molar-refractivity contribution is 0.670. The molecule has 0 atom stereocenters. The number of furan rings is 1. The Labute approximate surface area is 485 Å². The van der Waals surface area contributed by atoms with E-state index in [4.69, 9.17) is 9.40 Å². The Bertz CT molecular complexity index is 5220. The van der Waals surface area contributed by atoms with Gasteiger partial charge in [-0.05, 0) is 184 Å². The fraction of sp³-hybridized carbons (Fsp3) is 0.0247. The van der Waals surface area contributed by atoms with Crippen LogP contribution in [0.3, 0.4) is 0 Å². The molecule has 0 radical (unpaired) electrons. The summed E-state index contributed by atoms with van der Waals surface area (Å²) in [5.41, 5.74) is 32.6. The Hall–Kier alpha value is -10.9. The zero-order chi connectivity index (χ0) is 54.8. The molecule has 2 heterocycles. The Balaban J connectivity index is 0.837. The Kier molecular flexibility index (Phi) is 9.19. The van der Waals surface area contributed by atoms with Crippen molar-refractivity contribution in [2.45, 2.75) is 10.8 Å². The zero-order valence-corrected chi connectivity index (χ0v) is 45.5. The maximum atomic E-state index is 7.23. The van der Waals surface area contributed by atoms with Gasteiger partial charge in [0.05, 0.1) is 21.9 Å². The maximum absolute atomic E-state index is 7.23. The first kappa shape index (κ1) is 45.8. The van der Waals surface area contributed by atoms with Crippen molar-refractivity contribution in [2.75, 3.05) is 0 Å². The second kappa shape index (κ2) is 16.9. The highest BCUT2D eigenvalue weighted by atomic mass is 16.3. The van der Waals surface area contributed by atoms with Crippen LogP contribution in [0.4, 0.5) is 0 Å². The molecule has 13 aromatic carbocycles. The first-order valence-corrected chi connectivity index (χ1v) is 29.2. The third kappa shape index (κ3) is 5.92. The molecule has 19 rings (SSSR count). The third-order valence-electron chi connectivity index (χ3n) is 19.2. The molecule has 0 aliphatic heterocycles. The number of fused-ring (bicyclic) bond motifs is 24. The molecular formula is C81H48N2O. The molecule has 0 bridgehead atoms. The van der Waals surface area contributed by atoms with E-state index in [-0.39, 0.29) is 0 Å². The second-order valence-corrected chi connectivity index (χ2v) is 23.2. The molecule has 2 aromatic heterocycles. The van der Waals surface area contributed by atoms with Gasteiger partial charge in [-0.1, -0.05) is 224 Å². The molecule has 0 unspecified atom stereocenters. The number of imidazole rings is 1. The zero-order valence-electron chi connectivity index (χ0n) is 45.5. The van der Waals surface area contributed by atoms with E-state index in [0.29, 0.717) is 0 Å². The van der Waals surface area contributed by atoms with Crippen molar-refractivity contribution in [3.05, 3.63) is 336 Å². The predicted molar refractivity (Wildman–Crippen MR) is 343 cm³/mol. The van der Waals surface area contributed by atoms with Gasteiger partial charge in [0.1, 0.15) is 17.0 Å². The highest BCUT2D eigenvalue weighted by Gasteiger charge is 2.53. The van der Waals surface area contributed by atoms with E-state index >= 15 is 0 Å². The normalized spacial score (nSPS) is 13.9. The van der Waals surface area contributed by atoms with E-state index < -0.39 is 10.8 Å². The molecule has 2 spiro atoms. The minimum Gasteiger partial charge on any atom is -0.455 e. The van der Waals surface area contributed by atoms with Crippen molar-refractivity contribution < 1.29 is 4.42 Å². The summed E-state index contributed by atoms with van der Waals surface area (Å²) in [7, 11) is 0. The lowest BCUT2D eigenvalue weighted by Gasteiger charge is -2.30. The van der Waals surface area contributed by atoms with Crippen LogP contribution in [0, 0.1) is 0 Å². The van der Waals surface area contributed by atoms with Gasteiger partial charge in [0.15, 0.2) is 0 Å². The summed E-state index contributed by atoms with van der Waals surface area (Å²) in [6.45, 7) is 0. The van der Waals surface area contributed by atoms with Crippen LogP contribution in [0.5, 0.6) is 0 Å². The Morgan fingerprint density at radius 3 is 1.25 bits per heavy atom. The van der Waals surface area contributed by atoms with Crippen LogP contribution < -0.4 is 0 Å². The van der Waals surface area contributed by atoms with Gasteiger partial charge < -0.3 is 4.42 Å². The van der Waals surface area contributed by atoms with E-state index in [0.717, 1.165) is 77.9 Å². The highest BCUT2D eigenvalue weighted by molar-refractivity contribution is 6.13. The summed E-state index contributed by atoms with van der Waals surface area (Å²) >= 11 is 0. The Morgan fingerprint density at radius 2 is 0.702 bits per heavy atom. The largest absolute Gasteiger partial charge is 0.455 e. The summed E-state index contributed by atoms with van der Waals surface area (Å²) in [5.74, 6) is 0.885. The predicted octanol–water partition coefficient (Wildman–Crippen LogP) is 20.3. The first-order valence-electron chi connectivity index (χ1n) is 29.2. The van der Waals surface area contributed by atoms with Gasteiger partial charge in [-0.3, -0.25) is 4.57 Å². The van der Waals surface area contributed by atoms with Crippen molar-refractivity contribution >= 4 is 33.0 Å². The summed E-state index contributed by atoms with van der Waals surface area (Å²) in [4.78, 5) is 5.33. The quantitative estimate of drug-likeness (QED) is 0.172. The fourth-order valence-corrected chi connectivity index (χ4v) is 15.9. The van der Waals surface area contributed by atoms with Crippen molar-refractivity contribution in [1.82, 2.24) is 9.55 Å². The van der Waals surface area contributed by atoms with Gasteiger partial charge in [0.2, 0.25) is 0 Å². The fourth-order valence-electron chi connectivity index (χ4n) is 15.9. The molecule has 15 aromatic rings. The number of benzene rings is 13. The van der Waals surface area contributed by atoms with Gasteiger partial charge in [-0.2, -0.15) is 0 Å². The van der Waals surface area contributed by atoms with E-state index in [1.807, 2.05) is 0 Å². The number of hydrogen-bond donors (Lipinski definition) is 0.